The number of pyridine rings is 1. The first-order valence-corrected chi connectivity index (χ1v) is 13.5. The van der Waals surface area contributed by atoms with E-state index in [1.165, 1.54) is 21.9 Å². The van der Waals surface area contributed by atoms with Crippen LogP contribution in [0.3, 0.4) is 0 Å². The Morgan fingerprint density at radius 2 is 1.55 bits per heavy atom. The first kappa shape index (κ1) is 22.8. The zero-order valence-electron chi connectivity index (χ0n) is 21.7. The lowest BCUT2D eigenvalue weighted by molar-refractivity contribution is -0.660. The number of fused-ring (bicyclic) bond motifs is 4. The van der Waals surface area contributed by atoms with Crippen LogP contribution in [0.2, 0.25) is 0 Å². The highest BCUT2D eigenvalue weighted by Gasteiger charge is 2.32. The molecule has 1 saturated carbocycles. The first-order chi connectivity index (χ1) is 18.6. The van der Waals surface area contributed by atoms with Crippen LogP contribution in [0, 0.1) is 18.3 Å². The highest BCUT2D eigenvalue weighted by Crippen LogP contribution is 2.49. The predicted octanol–water partition coefficient (Wildman–Crippen LogP) is 8.46. The van der Waals surface area contributed by atoms with E-state index in [1.807, 2.05) is 12.1 Å². The minimum Gasteiger partial charge on any atom is -0.455 e. The number of furan rings is 1. The molecule has 0 radical (unpaired) electrons. The molecule has 0 bridgehead atoms. The van der Waals surface area contributed by atoms with Crippen molar-refractivity contribution < 1.29 is 8.98 Å². The number of rotatable bonds is 3. The van der Waals surface area contributed by atoms with Gasteiger partial charge < -0.3 is 4.42 Å². The van der Waals surface area contributed by atoms with E-state index in [1.54, 1.807) is 0 Å². The summed E-state index contributed by atoms with van der Waals surface area (Å²) in [5, 5.41) is 15.0. The van der Waals surface area contributed by atoms with E-state index in [4.69, 9.17) is 4.42 Å². The van der Waals surface area contributed by atoms with Crippen LogP contribution in [0.15, 0.2) is 95.5 Å². The molecular weight excluding hydrogens is 464 g/mol. The lowest BCUT2D eigenvalue weighted by Gasteiger charge is -2.16. The van der Waals surface area contributed by atoms with Crippen molar-refractivity contribution in [2.45, 2.75) is 38.0 Å². The average Bonchev–Trinajstić information content (AvgIpc) is 3.58. The molecule has 6 aromatic rings. The molecule has 0 amide bonds. The Labute approximate surface area is 222 Å². The lowest BCUT2D eigenvalue weighted by atomic mass is 9.88. The van der Waals surface area contributed by atoms with Crippen LogP contribution in [-0.4, -0.2) is 0 Å². The summed E-state index contributed by atoms with van der Waals surface area (Å²) < 4.78 is 8.95. The second kappa shape index (κ2) is 8.85. The molecule has 1 aliphatic rings. The fourth-order valence-electron chi connectivity index (χ4n) is 6.76. The number of hydrogen-bond acceptors (Lipinski definition) is 2. The molecule has 0 N–H and O–H groups in total. The number of aromatic nitrogens is 1. The topological polar surface area (TPSA) is 40.8 Å². The molecule has 7 rings (SSSR count). The van der Waals surface area contributed by atoms with Gasteiger partial charge >= 0.3 is 0 Å². The summed E-state index contributed by atoms with van der Waals surface area (Å²) >= 11 is 0. The predicted molar refractivity (Wildman–Crippen MR) is 153 cm³/mol. The molecule has 1 fully saturated rings. The number of aryl methyl sites for hydroxylation is 2. The van der Waals surface area contributed by atoms with Crippen molar-refractivity contribution in [1.82, 2.24) is 0 Å². The van der Waals surface area contributed by atoms with E-state index in [2.05, 4.69) is 104 Å². The molecule has 0 spiro atoms. The summed E-state index contributed by atoms with van der Waals surface area (Å²) in [5.41, 5.74) is 8.45. The van der Waals surface area contributed by atoms with Crippen molar-refractivity contribution in [2.75, 3.05) is 0 Å². The molecule has 184 valence electrons. The van der Waals surface area contributed by atoms with Crippen LogP contribution in [0.25, 0.3) is 44.0 Å². The van der Waals surface area contributed by atoms with E-state index < -0.39 is 0 Å². The van der Waals surface area contributed by atoms with Gasteiger partial charge in [-0.3, -0.25) is 0 Å². The molecule has 4 aromatic carbocycles. The second-order valence-electron chi connectivity index (χ2n) is 10.7. The largest absolute Gasteiger partial charge is 0.455 e. The average molecular weight is 494 g/mol. The van der Waals surface area contributed by atoms with Gasteiger partial charge in [-0.05, 0) is 78.1 Å². The SMILES string of the molecule is Cc1ccc2c(oc3c(C4CCC(c5cccc6ccccc56)C4)c(C#N)ccc32)c1-c1cccc[n+]1C. The Hall–Kier alpha value is -4.42. The molecule has 0 aliphatic heterocycles. The van der Waals surface area contributed by atoms with Crippen molar-refractivity contribution in [3.63, 3.8) is 0 Å². The third kappa shape index (κ3) is 3.45. The minimum atomic E-state index is 0.287. The van der Waals surface area contributed by atoms with Crippen molar-refractivity contribution in [3.8, 4) is 17.3 Å². The minimum absolute atomic E-state index is 0.287. The molecule has 3 nitrogen and oxygen atoms in total. The quantitative estimate of drug-likeness (QED) is 0.232. The first-order valence-electron chi connectivity index (χ1n) is 13.5. The van der Waals surface area contributed by atoms with Gasteiger partial charge in [-0.1, -0.05) is 54.6 Å². The normalized spacial score (nSPS) is 17.4. The summed E-state index contributed by atoms with van der Waals surface area (Å²) in [5.74, 6) is 0.758. The lowest BCUT2D eigenvalue weighted by Crippen LogP contribution is -2.30. The van der Waals surface area contributed by atoms with Crippen molar-refractivity contribution in [3.05, 3.63) is 113 Å². The van der Waals surface area contributed by atoms with Gasteiger partial charge in [-0.15, -0.1) is 0 Å². The second-order valence-corrected chi connectivity index (χ2v) is 10.7. The van der Waals surface area contributed by atoms with Crippen LogP contribution in [0.5, 0.6) is 0 Å². The molecule has 1 aliphatic carbocycles. The van der Waals surface area contributed by atoms with Crippen LogP contribution in [0.4, 0.5) is 0 Å². The summed E-state index contributed by atoms with van der Waals surface area (Å²) in [4.78, 5) is 0. The Morgan fingerprint density at radius 3 is 2.42 bits per heavy atom. The molecule has 2 heterocycles. The van der Waals surface area contributed by atoms with Crippen LogP contribution < -0.4 is 4.57 Å². The fourth-order valence-corrected chi connectivity index (χ4v) is 6.76. The van der Waals surface area contributed by atoms with Gasteiger partial charge in [0.25, 0.3) is 0 Å². The van der Waals surface area contributed by atoms with Gasteiger partial charge in [-0.2, -0.15) is 5.26 Å². The Balaban J connectivity index is 1.39. The summed E-state index contributed by atoms with van der Waals surface area (Å²) in [6, 6.07) is 32.5. The summed E-state index contributed by atoms with van der Waals surface area (Å²) in [6.45, 7) is 2.14. The highest BCUT2D eigenvalue weighted by molar-refractivity contribution is 6.11. The molecule has 38 heavy (non-hydrogen) atoms. The van der Waals surface area contributed by atoms with Gasteiger partial charge in [0.2, 0.25) is 5.69 Å². The zero-order valence-corrected chi connectivity index (χ0v) is 21.7. The van der Waals surface area contributed by atoms with E-state index in [9.17, 15) is 5.26 Å². The zero-order chi connectivity index (χ0) is 25.8. The molecule has 3 heteroatoms. The smallest absolute Gasteiger partial charge is 0.216 e. The maximum Gasteiger partial charge on any atom is 0.216 e. The van der Waals surface area contributed by atoms with Crippen LogP contribution in [0.1, 0.15) is 53.4 Å². The van der Waals surface area contributed by atoms with Crippen molar-refractivity contribution in [1.29, 1.82) is 5.26 Å². The number of nitrogens with zero attached hydrogens (tertiary/aromatic N) is 2. The van der Waals surface area contributed by atoms with Gasteiger partial charge in [0.15, 0.2) is 6.20 Å². The standard InChI is InChI=1S/C35H29N2O/c1-22-13-17-29-30-18-16-26(21-36)33(35(30)38-34(29)32(22)31-12-5-6-19-37(31)2)25-15-14-24(20-25)28-11-7-9-23-8-3-4-10-27(23)28/h3-13,16-19,24-25H,14-15,20H2,1-2H3/q+1. The fraction of sp³-hybridized carbons (Fsp3) is 0.200. The van der Waals surface area contributed by atoms with Gasteiger partial charge in [0.1, 0.15) is 18.2 Å². The number of hydrogen-bond donors (Lipinski definition) is 0. The Kier molecular flexibility index (Phi) is 5.30. The monoisotopic (exact) mass is 493 g/mol. The Morgan fingerprint density at radius 1 is 0.789 bits per heavy atom. The summed E-state index contributed by atoms with van der Waals surface area (Å²) in [6.07, 6.45) is 5.27. The highest BCUT2D eigenvalue weighted by atomic mass is 16.3. The van der Waals surface area contributed by atoms with Gasteiger partial charge in [0.05, 0.1) is 17.2 Å². The van der Waals surface area contributed by atoms with E-state index >= 15 is 0 Å². The molecule has 2 atom stereocenters. The van der Waals surface area contributed by atoms with E-state index in [0.717, 1.165) is 63.6 Å². The van der Waals surface area contributed by atoms with Crippen LogP contribution >= 0.6 is 0 Å². The van der Waals surface area contributed by atoms with Crippen LogP contribution in [-0.2, 0) is 7.05 Å². The van der Waals surface area contributed by atoms with Gasteiger partial charge in [-0.25, -0.2) is 4.57 Å². The molecule has 0 saturated heterocycles. The third-order valence-electron chi connectivity index (χ3n) is 8.59. The Bertz CT molecular complexity index is 1900. The van der Waals surface area contributed by atoms with Crippen molar-refractivity contribution >= 4 is 32.7 Å². The maximum absolute atomic E-state index is 10.2. The molecular formula is C35H29N2O+. The van der Waals surface area contributed by atoms with E-state index in [-0.39, 0.29) is 5.92 Å². The van der Waals surface area contributed by atoms with Crippen molar-refractivity contribution in [2.24, 2.45) is 7.05 Å². The molecule has 2 aromatic heterocycles. The maximum atomic E-state index is 10.2. The molecule has 2 unspecified atom stereocenters. The summed E-state index contributed by atoms with van der Waals surface area (Å²) in [7, 11) is 2.07. The third-order valence-corrected chi connectivity index (χ3v) is 8.59. The number of nitriles is 1. The van der Waals surface area contributed by atoms with Gasteiger partial charge in [0, 0.05) is 28.5 Å². The van der Waals surface area contributed by atoms with E-state index in [0.29, 0.717) is 5.92 Å². The number of benzene rings is 4.